The maximum atomic E-state index is 14.4. The molecule has 0 aliphatic carbocycles. The Morgan fingerprint density at radius 1 is 0.898 bits per heavy atom. The lowest BCUT2D eigenvalue weighted by molar-refractivity contribution is -0.142. The highest BCUT2D eigenvalue weighted by molar-refractivity contribution is 5.95. The Morgan fingerprint density at radius 2 is 1.61 bits per heavy atom. The van der Waals surface area contributed by atoms with Crippen molar-refractivity contribution < 1.29 is 28.7 Å². The van der Waals surface area contributed by atoms with E-state index in [4.69, 9.17) is 21.9 Å². The lowest BCUT2D eigenvalue weighted by Gasteiger charge is -2.29. The molecule has 0 bridgehead atoms. The van der Waals surface area contributed by atoms with Gasteiger partial charge in [0.1, 0.15) is 18.1 Å². The van der Waals surface area contributed by atoms with Crippen molar-refractivity contribution in [2.75, 3.05) is 19.6 Å². The number of amides is 5. The van der Waals surface area contributed by atoms with E-state index in [1.54, 1.807) is 0 Å². The van der Waals surface area contributed by atoms with E-state index in [2.05, 4.69) is 20.9 Å². The second-order valence-corrected chi connectivity index (χ2v) is 12.0. The van der Waals surface area contributed by atoms with E-state index in [9.17, 15) is 24.0 Å². The van der Waals surface area contributed by atoms with Crippen LogP contribution >= 0.6 is 0 Å². The average Bonchev–Trinajstić information content (AvgIpc) is 3.51. The van der Waals surface area contributed by atoms with Gasteiger partial charge in [0.25, 0.3) is 0 Å². The number of aliphatic imine (C=N–C) groups is 1. The van der Waals surface area contributed by atoms with Gasteiger partial charge in [0.15, 0.2) is 5.96 Å². The fourth-order valence-electron chi connectivity index (χ4n) is 5.76. The van der Waals surface area contributed by atoms with E-state index in [1.165, 1.54) is 11.8 Å². The number of primary amides is 1. The number of nitrogens with one attached hydrogen (secondary N) is 3. The van der Waals surface area contributed by atoms with Crippen LogP contribution in [0.2, 0.25) is 0 Å². The molecule has 260 valence electrons. The zero-order chi connectivity index (χ0) is 35.3. The van der Waals surface area contributed by atoms with Crippen molar-refractivity contribution >= 4 is 46.3 Å². The third-order valence-electron chi connectivity index (χ3n) is 8.12. The van der Waals surface area contributed by atoms with E-state index in [0.29, 0.717) is 0 Å². The van der Waals surface area contributed by atoms with Crippen LogP contribution in [0.15, 0.2) is 77.8 Å². The monoisotopic (exact) mass is 672 g/mol. The van der Waals surface area contributed by atoms with Gasteiger partial charge < -0.3 is 42.8 Å². The number of nitrogens with zero attached hydrogens (tertiary/aromatic N) is 2. The standard InChI is InChI=1S/C35H44N8O6/c1-22(44)41-28(13-14-31(36)45)32(46)42-29(18-23-7-3-2-4-8-23)34(48)43-20-27(19-30(43)33(47)39-15-16-40-35(37)38)49-21-24-11-12-25-9-5-6-10-26(25)17-24/h2-12,17,27-30H,13-16,18-21H2,1H3,(H2,36,45)(H,39,47)(H,41,44)(H,42,46)(H4,37,38,40)/t27-,28-,29-,30-/m1/s1. The number of fused-ring (bicyclic) bond motifs is 1. The number of ether oxygens (including phenoxy) is 1. The zero-order valence-corrected chi connectivity index (χ0v) is 27.5. The molecule has 4 rings (SSSR count). The fraction of sp³-hybridized carbons (Fsp3) is 0.371. The second kappa shape index (κ2) is 17.6. The summed E-state index contributed by atoms with van der Waals surface area (Å²) in [5.74, 6) is -2.82. The summed E-state index contributed by atoms with van der Waals surface area (Å²) in [4.78, 5) is 70.0. The molecule has 0 saturated carbocycles. The number of benzene rings is 3. The van der Waals surface area contributed by atoms with E-state index < -0.39 is 53.8 Å². The molecule has 9 N–H and O–H groups in total. The number of nitrogens with two attached hydrogens (primary N) is 3. The minimum absolute atomic E-state index is 0.0534. The summed E-state index contributed by atoms with van der Waals surface area (Å²) in [6, 6.07) is 20.0. The van der Waals surface area contributed by atoms with Crippen LogP contribution in [0, 0.1) is 0 Å². The summed E-state index contributed by atoms with van der Waals surface area (Å²) in [6.07, 6.45) is -0.374. The summed E-state index contributed by atoms with van der Waals surface area (Å²) >= 11 is 0. The highest BCUT2D eigenvalue weighted by atomic mass is 16.5. The van der Waals surface area contributed by atoms with E-state index in [0.717, 1.165) is 21.9 Å². The predicted octanol–water partition coefficient (Wildman–Crippen LogP) is 0.213. The summed E-state index contributed by atoms with van der Waals surface area (Å²) in [5, 5.41) is 10.3. The number of likely N-dealkylation sites (tertiary alicyclic amines) is 1. The number of rotatable bonds is 16. The average molecular weight is 673 g/mol. The Kier molecular flexibility index (Phi) is 13.0. The first kappa shape index (κ1) is 36.3. The maximum Gasteiger partial charge on any atom is 0.246 e. The van der Waals surface area contributed by atoms with Gasteiger partial charge in [-0.1, -0.05) is 66.7 Å². The third kappa shape index (κ3) is 11.0. The molecule has 3 aromatic rings. The van der Waals surface area contributed by atoms with Crippen LogP contribution in [0.3, 0.4) is 0 Å². The van der Waals surface area contributed by atoms with Crippen LogP contribution < -0.4 is 33.2 Å². The molecule has 14 nitrogen and oxygen atoms in total. The van der Waals surface area contributed by atoms with Crippen molar-refractivity contribution in [1.29, 1.82) is 0 Å². The van der Waals surface area contributed by atoms with Crippen molar-refractivity contribution in [2.45, 2.75) is 63.4 Å². The van der Waals surface area contributed by atoms with Gasteiger partial charge in [-0.15, -0.1) is 0 Å². The molecule has 49 heavy (non-hydrogen) atoms. The molecule has 1 heterocycles. The highest BCUT2D eigenvalue weighted by Crippen LogP contribution is 2.25. The largest absolute Gasteiger partial charge is 0.372 e. The Labute approximate surface area is 284 Å². The summed E-state index contributed by atoms with van der Waals surface area (Å²) in [7, 11) is 0. The highest BCUT2D eigenvalue weighted by Gasteiger charge is 2.43. The Bertz CT molecular complexity index is 1660. The molecule has 0 unspecified atom stereocenters. The van der Waals surface area contributed by atoms with Gasteiger partial charge in [0.2, 0.25) is 29.5 Å². The Morgan fingerprint density at radius 3 is 2.31 bits per heavy atom. The van der Waals surface area contributed by atoms with Crippen LogP contribution in [0.25, 0.3) is 10.8 Å². The van der Waals surface area contributed by atoms with Gasteiger partial charge >= 0.3 is 0 Å². The van der Waals surface area contributed by atoms with Crippen molar-refractivity contribution in [3.8, 4) is 0 Å². The van der Waals surface area contributed by atoms with Crippen molar-refractivity contribution in [1.82, 2.24) is 20.9 Å². The first-order valence-electron chi connectivity index (χ1n) is 16.1. The molecule has 1 saturated heterocycles. The van der Waals surface area contributed by atoms with Crippen molar-refractivity contribution in [3.05, 3.63) is 83.9 Å². The smallest absolute Gasteiger partial charge is 0.246 e. The van der Waals surface area contributed by atoms with Gasteiger partial charge in [0.05, 0.1) is 19.3 Å². The third-order valence-corrected chi connectivity index (χ3v) is 8.12. The van der Waals surface area contributed by atoms with Crippen LogP contribution in [0.1, 0.15) is 37.3 Å². The first-order valence-corrected chi connectivity index (χ1v) is 16.1. The maximum absolute atomic E-state index is 14.4. The van der Waals surface area contributed by atoms with Gasteiger partial charge in [-0.25, -0.2) is 0 Å². The molecule has 5 amide bonds. The molecule has 4 atom stereocenters. The van der Waals surface area contributed by atoms with Gasteiger partial charge in [-0.2, -0.15) is 0 Å². The van der Waals surface area contributed by atoms with Crippen LogP contribution in [0.5, 0.6) is 0 Å². The number of guanidine groups is 1. The fourth-order valence-corrected chi connectivity index (χ4v) is 5.76. The van der Waals surface area contributed by atoms with E-state index >= 15 is 0 Å². The molecular formula is C35H44N8O6. The Balaban J connectivity index is 1.56. The van der Waals surface area contributed by atoms with Gasteiger partial charge in [-0.3, -0.25) is 29.0 Å². The predicted molar refractivity (Wildman–Crippen MR) is 184 cm³/mol. The molecule has 14 heteroatoms. The van der Waals surface area contributed by atoms with Crippen molar-refractivity contribution in [2.24, 2.45) is 22.2 Å². The number of hydrogen-bond donors (Lipinski definition) is 6. The molecular weight excluding hydrogens is 628 g/mol. The van der Waals surface area contributed by atoms with Crippen molar-refractivity contribution in [3.63, 3.8) is 0 Å². The molecule has 0 radical (unpaired) electrons. The second-order valence-electron chi connectivity index (χ2n) is 12.0. The molecule has 0 spiro atoms. The lowest BCUT2D eigenvalue weighted by Crippen LogP contribution is -2.57. The normalized spacial score (nSPS) is 16.7. The van der Waals surface area contributed by atoms with Crippen LogP contribution in [-0.2, 0) is 41.7 Å². The van der Waals surface area contributed by atoms with Crippen LogP contribution in [0.4, 0.5) is 0 Å². The Hall–Kier alpha value is -5.50. The first-order chi connectivity index (χ1) is 23.5. The van der Waals surface area contributed by atoms with Gasteiger partial charge in [0, 0.05) is 39.3 Å². The van der Waals surface area contributed by atoms with Gasteiger partial charge in [-0.05, 0) is 34.4 Å². The summed E-state index contributed by atoms with van der Waals surface area (Å²) in [5.41, 5.74) is 17.8. The van der Waals surface area contributed by atoms with Crippen LogP contribution in [-0.4, -0.2) is 84.3 Å². The number of carbonyl (C=O) groups is 5. The van der Waals surface area contributed by atoms with E-state index in [1.807, 2.05) is 72.8 Å². The quantitative estimate of drug-likeness (QED) is 0.0699. The topological polar surface area (TPSA) is 224 Å². The van der Waals surface area contributed by atoms with E-state index in [-0.39, 0.29) is 57.9 Å². The molecule has 3 aromatic carbocycles. The summed E-state index contributed by atoms with van der Waals surface area (Å²) < 4.78 is 6.26. The molecule has 1 aliphatic rings. The molecule has 0 aromatic heterocycles. The number of hydrogen-bond acceptors (Lipinski definition) is 7. The minimum atomic E-state index is -1.11. The minimum Gasteiger partial charge on any atom is -0.372 e. The molecule has 1 aliphatic heterocycles. The SMILES string of the molecule is CC(=O)N[C@H](CCC(N)=O)C(=O)N[C@H](Cc1ccccc1)C(=O)N1C[C@H](OCc2ccc3ccccc3c2)C[C@@H]1C(=O)NCCN=C(N)N. The molecule has 1 fully saturated rings. The number of carbonyl (C=O) groups excluding carboxylic acids is 5. The summed E-state index contributed by atoms with van der Waals surface area (Å²) in [6.45, 7) is 1.89. The zero-order valence-electron chi connectivity index (χ0n) is 27.5. The lowest BCUT2D eigenvalue weighted by atomic mass is 10.0.